The number of nitrogens with two attached hydrogens (primary N) is 1. The molecule has 0 radical (unpaired) electrons. The first kappa shape index (κ1) is 7.31. The van der Waals surface area contributed by atoms with E-state index in [0.717, 1.165) is 5.39 Å². The van der Waals surface area contributed by atoms with E-state index in [1.54, 1.807) is 12.4 Å². The minimum Gasteiger partial charge on any atom is -0.382 e. The van der Waals surface area contributed by atoms with Crippen LogP contribution in [0, 0.1) is 0 Å². The highest BCUT2D eigenvalue weighted by molar-refractivity contribution is 6.31. The maximum absolute atomic E-state index is 5.75. The fraction of sp³-hybridized carbons (Fsp3) is 0. The quantitative estimate of drug-likeness (QED) is 0.672. The van der Waals surface area contributed by atoms with Crippen molar-refractivity contribution in [1.82, 2.24) is 9.97 Å². The van der Waals surface area contributed by atoms with E-state index in [-0.39, 0.29) is 0 Å². The lowest BCUT2D eigenvalue weighted by Crippen LogP contribution is -1.92. The minimum atomic E-state index is 0.434. The van der Waals surface area contributed by atoms with Gasteiger partial charge in [0.1, 0.15) is 11.3 Å². The van der Waals surface area contributed by atoms with Crippen LogP contribution in [0.1, 0.15) is 0 Å². The number of halogens is 1. The monoisotopic (exact) mass is 179 g/mol. The molecular weight excluding hydrogens is 174 g/mol. The largest absolute Gasteiger partial charge is 0.382 e. The molecule has 0 saturated heterocycles. The molecule has 0 atom stereocenters. The number of nitrogens with zero attached hydrogens (tertiary/aromatic N) is 2. The number of rotatable bonds is 0. The SMILES string of the molecule is Nc1nccc2cc(Cl)cnc12. The third-order valence-corrected chi connectivity index (χ3v) is 1.80. The van der Waals surface area contributed by atoms with Crippen molar-refractivity contribution in [3.8, 4) is 0 Å². The predicted octanol–water partition coefficient (Wildman–Crippen LogP) is 1.87. The van der Waals surface area contributed by atoms with Gasteiger partial charge in [-0.3, -0.25) is 4.98 Å². The molecule has 0 bridgehead atoms. The second-order valence-electron chi connectivity index (χ2n) is 2.42. The van der Waals surface area contributed by atoms with E-state index >= 15 is 0 Å². The standard InChI is InChI=1S/C8H6ClN3/c9-6-3-5-1-2-11-8(10)7(5)12-4-6/h1-4H,(H2,10,11). The number of hydrogen-bond acceptors (Lipinski definition) is 3. The van der Waals surface area contributed by atoms with E-state index in [9.17, 15) is 0 Å². The van der Waals surface area contributed by atoms with Crippen molar-refractivity contribution in [3.05, 3.63) is 29.5 Å². The minimum absolute atomic E-state index is 0.434. The van der Waals surface area contributed by atoms with Crippen LogP contribution in [0.3, 0.4) is 0 Å². The molecular formula is C8H6ClN3. The van der Waals surface area contributed by atoms with Crippen LogP contribution >= 0.6 is 11.6 Å². The molecule has 2 heterocycles. The summed E-state index contributed by atoms with van der Waals surface area (Å²) < 4.78 is 0. The summed E-state index contributed by atoms with van der Waals surface area (Å²) in [5.74, 6) is 0.434. The van der Waals surface area contributed by atoms with Gasteiger partial charge in [0.2, 0.25) is 0 Å². The molecule has 0 aliphatic heterocycles. The maximum atomic E-state index is 5.75. The molecule has 2 aromatic rings. The Labute approximate surface area is 74.2 Å². The van der Waals surface area contributed by atoms with E-state index in [1.165, 1.54) is 0 Å². The molecule has 2 aromatic heterocycles. The topological polar surface area (TPSA) is 51.8 Å². The van der Waals surface area contributed by atoms with E-state index < -0.39 is 0 Å². The molecule has 0 aromatic carbocycles. The Balaban J connectivity index is 2.86. The van der Waals surface area contributed by atoms with E-state index in [0.29, 0.717) is 16.4 Å². The molecule has 0 saturated carbocycles. The van der Waals surface area contributed by atoms with Crippen molar-refractivity contribution in [1.29, 1.82) is 0 Å². The summed E-state index contributed by atoms with van der Waals surface area (Å²) in [7, 11) is 0. The van der Waals surface area contributed by atoms with Crippen molar-refractivity contribution in [2.24, 2.45) is 0 Å². The van der Waals surface area contributed by atoms with Crippen LogP contribution in [0.2, 0.25) is 5.02 Å². The van der Waals surface area contributed by atoms with Crippen molar-refractivity contribution >= 4 is 28.3 Å². The second kappa shape index (κ2) is 2.60. The van der Waals surface area contributed by atoms with Gasteiger partial charge in [-0.15, -0.1) is 0 Å². The molecule has 3 nitrogen and oxygen atoms in total. The smallest absolute Gasteiger partial charge is 0.149 e. The first-order valence-corrected chi connectivity index (χ1v) is 3.81. The first-order chi connectivity index (χ1) is 5.77. The number of nitrogen functional groups attached to an aromatic ring is 1. The summed E-state index contributed by atoms with van der Waals surface area (Å²) in [5, 5.41) is 1.52. The summed E-state index contributed by atoms with van der Waals surface area (Å²) in [4.78, 5) is 7.97. The summed E-state index contributed by atoms with van der Waals surface area (Å²) in [5.41, 5.74) is 6.29. The molecule has 0 unspecified atom stereocenters. The van der Waals surface area contributed by atoms with E-state index in [1.807, 2.05) is 12.1 Å². The Morgan fingerprint density at radius 1 is 1.33 bits per heavy atom. The van der Waals surface area contributed by atoms with Gasteiger partial charge in [-0.05, 0) is 12.1 Å². The first-order valence-electron chi connectivity index (χ1n) is 3.43. The van der Waals surface area contributed by atoms with Crippen LogP contribution in [-0.2, 0) is 0 Å². The molecule has 60 valence electrons. The Bertz CT molecular complexity index is 428. The Morgan fingerprint density at radius 3 is 3.00 bits per heavy atom. The zero-order chi connectivity index (χ0) is 8.55. The second-order valence-corrected chi connectivity index (χ2v) is 2.86. The molecule has 4 heteroatoms. The van der Waals surface area contributed by atoms with Gasteiger partial charge in [-0.1, -0.05) is 11.6 Å². The normalized spacial score (nSPS) is 10.4. The number of anilines is 1. The molecule has 2 rings (SSSR count). The van der Waals surface area contributed by atoms with Gasteiger partial charge < -0.3 is 5.73 Å². The van der Waals surface area contributed by atoms with Crippen LogP contribution in [-0.4, -0.2) is 9.97 Å². The maximum Gasteiger partial charge on any atom is 0.149 e. The van der Waals surface area contributed by atoms with Gasteiger partial charge in [0, 0.05) is 17.8 Å². The summed E-state index contributed by atoms with van der Waals surface area (Å²) in [6.45, 7) is 0. The Morgan fingerprint density at radius 2 is 2.17 bits per heavy atom. The highest BCUT2D eigenvalue weighted by Crippen LogP contribution is 2.18. The van der Waals surface area contributed by atoms with Gasteiger partial charge >= 0.3 is 0 Å². The molecule has 2 N–H and O–H groups in total. The summed E-state index contributed by atoms with van der Waals surface area (Å²) in [6.07, 6.45) is 3.19. The number of aromatic nitrogens is 2. The van der Waals surface area contributed by atoms with Crippen LogP contribution in [0.15, 0.2) is 24.5 Å². The molecule has 0 amide bonds. The number of hydrogen-bond donors (Lipinski definition) is 1. The van der Waals surface area contributed by atoms with Crippen molar-refractivity contribution < 1.29 is 0 Å². The lowest BCUT2D eigenvalue weighted by Gasteiger charge is -1.98. The average Bonchev–Trinajstić information content (AvgIpc) is 2.04. The van der Waals surface area contributed by atoms with Gasteiger partial charge in [0.05, 0.1) is 5.02 Å². The van der Waals surface area contributed by atoms with Gasteiger partial charge in [0.25, 0.3) is 0 Å². The fourth-order valence-corrected chi connectivity index (χ4v) is 1.22. The fourth-order valence-electron chi connectivity index (χ4n) is 1.06. The zero-order valence-electron chi connectivity index (χ0n) is 6.16. The molecule has 0 fully saturated rings. The van der Waals surface area contributed by atoms with Crippen LogP contribution in [0.25, 0.3) is 10.9 Å². The predicted molar refractivity (Wildman–Crippen MR) is 49.0 cm³/mol. The molecule has 0 aliphatic carbocycles. The highest BCUT2D eigenvalue weighted by Gasteiger charge is 1.99. The summed E-state index contributed by atoms with van der Waals surface area (Å²) in [6, 6.07) is 3.63. The van der Waals surface area contributed by atoms with Gasteiger partial charge in [-0.2, -0.15) is 0 Å². The Kier molecular flexibility index (Phi) is 1.59. The van der Waals surface area contributed by atoms with Crippen LogP contribution < -0.4 is 5.73 Å². The van der Waals surface area contributed by atoms with Crippen molar-refractivity contribution in [2.75, 3.05) is 5.73 Å². The summed E-state index contributed by atoms with van der Waals surface area (Å²) >= 11 is 5.75. The van der Waals surface area contributed by atoms with Crippen molar-refractivity contribution in [3.63, 3.8) is 0 Å². The lowest BCUT2D eigenvalue weighted by molar-refractivity contribution is 1.32. The third kappa shape index (κ3) is 1.08. The van der Waals surface area contributed by atoms with Gasteiger partial charge in [-0.25, -0.2) is 4.98 Å². The lowest BCUT2D eigenvalue weighted by atomic mass is 10.2. The average molecular weight is 180 g/mol. The van der Waals surface area contributed by atoms with E-state index in [4.69, 9.17) is 17.3 Å². The number of fused-ring (bicyclic) bond motifs is 1. The molecule has 12 heavy (non-hydrogen) atoms. The Hall–Kier alpha value is -1.35. The highest BCUT2D eigenvalue weighted by atomic mass is 35.5. The van der Waals surface area contributed by atoms with E-state index in [2.05, 4.69) is 9.97 Å². The van der Waals surface area contributed by atoms with Crippen LogP contribution in [0.4, 0.5) is 5.82 Å². The number of pyridine rings is 2. The zero-order valence-corrected chi connectivity index (χ0v) is 6.92. The molecule has 0 aliphatic rings. The third-order valence-electron chi connectivity index (χ3n) is 1.59. The van der Waals surface area contributed by atoms with Crippen molar-refractivity contribution in [2.45, 2.75) is 0 Å². The van der Waals surface area contributed by atoms with Crippen LogP contribution in [0.5, 0.6) is 0 Å². The van der Waals surface area contributed by atoms with Gasteiger partial charge in [0.15, 0.2) is 0 Å². The molecule has 0 spiro atoms.